The lowest BCUT2D eigenvalue weighted by molar-refractivity contribution is -0.147. The van der Waals surface area contributed by atoms with Gasteiger partial charge in [-0.05, 0) is 44.2 Å². The number of carbonyl (C=O) groups excluding carboxylic acids is 1. The number of hydrogen-bond donors (Lipinski definition) is 0. The highest BCUT2D eigenvalue weighted by atomic mass is 79.9. The fourth-order valence-corrected chi connectivity index (χ4v) is 4.52. The van der Waals surface area contributed by atoms with Crippen molar-refractivity contribution in [1.29, 1.82) is 0 Å². The first-order chi connectivity index (χ1) is 9.69. The first-order valence-electron chi connectivity index (χ1n) is 8.05. The zero-order valence-electron chi connectivity index (χ0n) is 12.7. The van der Waals surface area contributed by atoms with Gasteiger partial charge in [-0.2, -0.15) is 0 Å². The molecule has 2 fully saturated rings. The van der Waals surface area contributed by atoms with Gasteiger partial charge in [0.05, 0.1) is 13.0 Å². The van der Waals surface area contributed by atoms with Gasteiger partial charge in [-0.1, -0.05) is 41.6 Å². The van der Waals surface area contributed by atoms with E-state index in [-0.39, 0.29) is 11.9 Å². The molecular formula is C16H28BrNO2. The molecule has 0 radical (unpaired) electrons. The van der Waals surface area contributed by atoms with Crippen LogP contribution in [0.4, 0.5) is 0 Å². The van der Waals surface area contributed by atoms with Gasteiger partial charge in [0.1, 0.15) is 0 Å². The maximum atomic E-state index is 11.6. The Morgan fingerprint density at radius 2 is 1.80 bits per heavy atom. The average Bonchev–Trinajstić information content (AvgIpc) is 2.73. The number of ether oxygens (including phenoxy) is 1. The van der Waals surface area contributed by atoms with Crippen LogP contribution in [0, 0.1) is 11.3 Å². The number of halogens is 1. The molecule has 0 bridgehead atoms. The molecule has 0 atom stereocenters. The minimum absolute atomic E-state index is 0.0191. The molecule has 116 valence electrons. The lowest BCUT2D eigenvalue weighted by Crippen LogP contribution is -2.44. The van der Waals surface area contributed by atoms with Crippen LogP contribution in [-0.2, 0) is 9.53 Å². The van der Waals surface area contributed by atoms with Crippen molar-refractivity contribution in [3.8, 4) is 0 Å². The van der Waals surface area contributed by atoms with Crippen LogP contribution in [-0.4, -0.2) is 42.9 Å². The van der Waals surface area contributed by atoms with Crippen LogP contribution in [0.15, 0.2) is 0 Å². The Balaban J connectivity index is 1.85. The van der Waals surface area contributed by atoms with E-state index >= 15 is 0 Å². The minimum atomic E-state index is -0.0191. The highest BCUT2D eigenvalue weighted by Crippen LogP contribution is 2.38. The van der Waals surface area contributed by atoms with E-state index < -0.39 is 0 Å². The van der Waals surface area contributed by atoms with Gasteiger partial charge in [0, 0.05) is 11.9 Å². The number of nitrogens with zero attached hydrogens (tertiary/aromatic N) is 1. The second-order valence-electron chi connectivity index (χ2n) is 6.62. The maximum absolute atomic E-state index is 11.6. The van der Waals surface area contributed by atoms with Gasteiger partial charge in [-0.15, -0.1) is 0 Å². The van der Waals surface area contributed by atoms with Gasteiger partial charge in [0.2, 0.25) is 0 Å². The van der Waals surface area contributed by atoms with Crippen LogP contribution >= 0.6 is 15.9 Å². The minimum Gasteiger partial charge on any atom is -0.469 e. The van der Waals surface area contributed by atoms with E-state index in [1.54, 1.807) is 0 Å². The second kappa shape index (κ2) is 7.79. The zero-order chi connectivity index (χ0) is 14.4. The smallest absolute Gasteiger partial charge is 0.308 e. The topological polar surface area (TPSA) is 29.5 Å². The van der Waals surface area contributed by atoms with Crippen LogP contribution in [0.5, 0.6) is 0 Å². The Kier molecular flexibility index (Phi) is 6.34. The monoisotopic (exact) mass is 345 g/mol. The van der Waals surface area contributed by atoms with Gasteiger partial charge in [-0.25, -0.2) is 0 Å². The molecule has 2 rings (SSSR count). The third-order valence-corrected chi connectivity index (χ3v) is 6.32. The van der Waals surface area contributed by atoms with Crippen LogP contribution in [0.2, 0.25) is 0 Å². The number of alkyl halides is 1. The van der Waals surface area contributed by atoms with Crippen LogP contribution in [0.25, 0.3) is 0 Å². The molecule has 0 amide bonds. The summed E-state index contributed by atoms with van der Waals surface area (Å²) in [5, 5.41) is 1.12. The molecular weight excluding hydrogens is 318 g/mol. The van der Waals surface area contributed by atoms with Crippen molar-refractivity contribution in [1.82, 2.24) is 4.90 Å². The predicted molar refractivity (Wildman–Crippen MR) is 85.1 cm³/mol. The molecule has 4 heteroatoms. The van der Waals surface area contributed by atoms with Gasteiger partial charge in [-0.3, -0.25) is 4.79 Å². The SMILES string of the molecule is COC(=O)C1CCN(CC2(CBr)CCCCCC2)CC1. The van der Waals surface area contributed by atoms with Crippen molar-refractivity contribution in [2.24, 2.45) is 11.3 Å². The van der Waals surface area contributed by atoms with E-state index in [2.05, 4.69) is 20.8 Å². The van der Waals surface area contributed by atoms with Gasteiger partial charge < -0.3 is 9.64 Å². The molecule has 2 aliphatic rings. The van der Waals surface area contributed by atoms with Crippen molar-refractivity contribution >= 4 is 21.9 Å². The van der Waals surface area contributed by atoms with Crippen molar-refractivity contribution < 1.29 is 9.53 Å². The number of methoxy groups -OCH3 is 1. The van der Waals surface area contributed by atoms with E-state index in [0.29, 0.717) is 5.41 Å². The first kappa shape index (κ1) is 16.3. The number of esters is 1. The molecule has 1 heterocycles. The Bertz CT molecular complexity index is 306. The van der Waals surface area contributed by atoms with E-state index in [4.69, 9.17) is 4.74 Å². The summed E-state index contributed by atoms with van der Waals surface area (Å²) in [5.41, 5.74) is 0.467. The number of carbonyl (C=O) groups is 1. The third-order valence-electron chi connectivity index (χ3n) is 5.13. The largest absolute Gasteiger partial charge is 0.469 e. The summed E-state index contributed by atoms with van der Waals surface area (Å²) in [6.45, 7) is 3.30. The Labute approximate surface area is 131 Å². The zero-order valence-corrected chi connectivity index (χ0v) is 14.3. The fraction of sp³-hybridized carbons (Fsp3) is 0.938. The van der Waals surface area contributed by atoms with E-state index in [9.17, 15) is 4.79 Å². The molecule has 3 nitrogen and oxygen atoms in total. The second-order valence-corrected chi connectivity index (χ2v) is 7.18. The molecule has 1 aliphatic heterocycles. The van der Waals surface area contributed by atoms with Crippen molar-refractivity contribution in [2.45, 2.75) is 51.4 Å². The quantitative estimate of drug-likeness (QED) is 0.442. The van der Waals surface area contributed by atoms with Crippen molar-refractivity contribution in [2.75, 3.05) is 32.1 Å². The number of hydrogen-bond acceptors (Lipinski definition) is 3. The highest BCUT2D eigenvalue weighted by molar-refractivity contribution is 9.09. The Morgan fingerprint density at radius 3 is 2.30 bits per heavy atom. The average molecular weight is 346 g/mol. The van der Waals surface area contributed by atoms with Crippen LogP contribution in [0.1, 0.15) is 51.4 Å². The molecule has 1 saturated heterocycles. The maximum Gasteiger partial charge on any atom is 0.308 e. The molecule has 20 heavy (non-hydrogen) atoms. The normalized spacial score (nSPS) is 25.1. The molecule has 1 aliphatic carbocycles. The van der Waals surface area contributed by atoms with Crippen molar-refractivity contribution in [3.05, 3.63) is 0 Å². The molecule has 1 saturated carbocycles. The summed E-state index contributed by atoms with van der Waals surface area (Å²) in [6, 6.07) is 0. The molecule has 0 aromatic heterocycles. The van der Waals surface area contributed by atoms with Crippen molar-refractivity contribution in [3.63, 3.8) is 0 Å². The van der Waals surface area contributed by atoms with Gasteiger partial charge in [0.25, 0.3) is 0 Å². The summed E-state index contributed by atoms with van der Waals surface area (Å²) in [7, 11) is 1.50. The Hall–Kier alpha value is -0.0900. The molecule has 0 aromatic rings. The van der Waals surface area contributed by atoms with E-state index in [1.807, 2.05) is 0 Å². The number of likely N-dealkylation sites (tertiary alicyclic amines) is 1. The van der Waals surface area contributed by atoms with E-state index in [1.165, 1.54) is 52.2 Å². The summed E-state index contributed by atoms with van der Waals surface area (Å²) < 4.78 is 4.87. The molecule has 0 N–H and O–H groups in total. The first-order valence-corrected chi connectivity index (χ1v) is 9.17. The third kappa shape index (κ3) is 4.20. The van der Waals surface area contributed by atoms with Gasteiger partial charge >= 0.3 is 5.97 Å². The van der Waals surface area contributed by atoms with Gasteiger partial charge in [0.15, 0.2) is 0 Å². The van der Waals surface area contributed by atoms with Crippen LogP contribution < -0.4 is 0 Å². The number of piperidine rings is 1. The molecule has 0 aromatic carbocycles. The summed E-state index contributed by atoms with van der Waals surface area (Å²) in [5.74, 6) is 0.111. The van der Waals surface area contributed by atoms with E-state index in [0.717, 1.165) is 31.3 Å². The highest BCUT2D eigenvalue weighted by Gasteiger charge is 2.34. The number of rotatable bonds is 4. The fourth-order valence-electron chi connectivity index (χ4n) is 3.78. The lowest BCUT2D eigenvalue weighted by atomic mass is 9.81. The summed E-state index contributed by atoms with van der Waals surface area (Å²) in [4.78, 5) is 14.2. The lowest BCUT2D eigenvalue weighted by Gasteiger charge is -2.39. The Morgan fingerprint density at radius 1 is 1.20 bits per heavy atom. The summed E-state index contributed by atoms with van der Waals surface area (Å²) >= 11 is 3.78. The predicted octanol–water partition coefficient (Wildman–Crippen LogP) is 3.61. The molecule has 0 unspecified atom stereocenters. The molecule has 0 spiro atoms. The van der Waals surface area contributed by atoms with Crippen LogP contribution in [0.3, 0.4) is 0 Å². The standard InChI is InChI=1S/C16H28BrNO2/c1-20-15(19)14-6-10-18(11-7-14)13-16(12-17)8-4-2-3-5-9-16/h14H,2-13H2,1H3. The summed E-state index contributed by atoms with van der Waals surface area (Å²) in [6.07, 6.45) is 10.2.